The maximum absolute atomic E-state index is 12.1. The quantitative estimate of drug-likeness (QED) is 0.827. The minimum atomic E-state index is -0.134. The van der Waals surface area contributed by atoms with Crippen LogP contribution in [0.3, 0.4) is 0 Å². The molecular formula is C14H22N4O2. The lowest BCUT2D eigenvalue weighted by Crippen LogP contribution is -2.45. The lowest BCUT2D eigenvalue weighted by molar-refractivity contribution is -0.0175. The first-order valence-corrected chi connectivity index (χ1v) is 6.93. The predicted molar refractivity (Wildman–Crippen MR) is 77.6 cm³/mol. The van der Waals surface area contributed by atoms with Crippen LogP contribution in [0.25, 0.3) is 0 Å². The fourth-order valence-electron chi connectivity index (χ4n) is 2.22. The molecule has 1 aromatic heterocycles. The van der Waals surface area contributed by atoms with E-state index in [1.54, 1.807) is 12.1 Å². The van der Waals surface area contributed by atoms with Crippen molar-refractivity contribution < 1.29 is 9.53 Å². The van der Waals surface area contributed by atoms with Crippen LogP contribution in [-0.4, -0.2) is 55.2 Å². The van der Waals surface area contributed by atoms with E-state index in [1.807, 2.05) is 6.92 Å². The van der Waals surface area contributed by atoms with Crippen molar-refractivity contribution >= 4 is 11.7 Å². The smallest absolute Gasteiger partial charge is 0.251 e. The van der Waals surface area contributed by atoms with Crippen molar-refractivity contribution in [2.75, 3.05) is 39.0 Å². The van der Waals surface area contributed by atoms with Gasteiger partial charge in [0.25, 0.3) is 5.91 Å². The van der Waals surface area contributed by atoms with Gasteiger partial charge in [-0.05, 0) is 25.6 Å². The molecule has 1 amide bonds. The molecule has 2 rings (SSSR count). The van der Waals surface area contributed by atoms with Crippen LogP contribution in [0.2, 0.25) is 0 Å². The van der Waals surface area contributed by atoms with E-state index in [9.17, 15) is 4.79 Å². The van der Waals surface area contributed by atoms with Crippen LogP contribution >= 0.6 is 0 Å². The zero-order chi connectivity index (χ0) is 14.5. The van der Waals surface area contributed by atoms with Gasteiger partial charge in [-0.25, -0.2) is 4.98 Å². The number of carbonyl (C=O) groups is 1. The minimum absolute atomic E-state index is 0.0440. The Labute approximate surface area is 119 Å². The number of aromatic nitrogens is 1. The van der Waals surface area contributed by atoms with Gasteiger partial charge in [-0.15, -0.1) is 0 Å². The molecule has 1 atom stereocenters. The molecular weight excluding hydrogens is 256 g/mol. The van der Waals surface area contributed by atoms with Crippen LogP contribution in [0.1, 0.15) is 23.0 Å². The van der Waals surface area contributed by atoms with Gasteiger partial charge in [0, 0.05) is 30.9 Å². The Morgan fingerprint density at radius 2 is 2.40 bits per heavy atom. The van der Waals surface area contributed by atoms with Crippen molar-refractivity contribution in [2.24, 2.45) is 0 Å². The largest absolute Gasteiger partial charge is 0.384 e. The van der Waals surface area contributed by atoms with Crippen LogP contribution in [0, 0.1) is 0 Å². The highest BCUT2D eigenvalue weighted by molar-refractivity contribution is 5.94. The topological polar surface area (TPSA) is 80.5 Å². The fourth-order valence-corrected chi connectivity index (χ4v) is 2.22. The molecule has 0 bridgehead atoms. The average Bonchev–Trinajstić information content (AvgIpc) is 2.44. The molecule has 0 saturated carbocycles. The molecule has 1 aliphatic heterocycles. The number of likely N-dealkylation sites (N-methyl/N-ethyl adjacent to an activating group) is 1. The summed E-state index contributed by atoms with van der Waals surface area (Å²) in [6.07, 6.45) is 0.796. The Hall–Kier alpha value is -1.66. The molecule has 20 heavy (non-hydrogen) atoms. The molecule has 0 spiro atoms. The van der Waals surface area contributed by atoms with Gasteiger partial charge >= 0.3 is 0 Å². The SMILES string of the molecule is CCc1cc(C(=O)NCC2CN(C)CCO2)cc(N)n1. The van der Waals surface area contributed by atoms with E-state index in [0.29, 0.717) is 24.5 Å². The summed E-state index contributed by atoms with van der Waals surface area (Å²) in [6, 6.07) is 3.38. The number of anilines is 1. The van der Waals surface area contributed by atoms with Gasteiger partial charge < -0.3 is 20.7 Å². The molecule has 2 heterocycles. The average molecular weight is 278 g/mol. The van der Waals surface area contributed by atoms with Crippen molar-refractivity contribution in [2.45, 2.75) is 19.4 Å². The van der Waals surface area contributed by atoms with E-state index in [-0.39, 0.29) is 12.0 Å². The summed E-state index contributed by atoms with van der Waals surface area (Å²) < 4.78 is 5.61. The number of ether oxygens (including phenoxy) is 1. The molecule has 0 aromatic carbocycles. The van der Waals surface area contributed by atoms with Crippen molar-refractivity contribution in [3.8, 4) is 0 Å². The number of aryl methyl sites for hydroxylation is 1. The molecule has 1 aromatic rings. The number of nitrogens with zero attached hydrogens (tertiary/aromatic N) is 2. The molecule has 6 heteroatoms. The number of amides is 1. The summed E-state index contributed by atoms with van der Waals surface area (Å²) in [4.78, 5) is 18.5. The molecule has 3 N–H and O–H groups in total. The Bertz CT molecular complexity index is 478. The van der Waals surface area contributed by atoms with E-state index in [4.69, 9.17) is 10.5 Å². The third-order valence-corrected chi connectivity index (χ3v) is 3.35. The zero-order valence-corrected chi connectivity index (χ0v) is 12.1. The number of carbonyl (C=O) groups excluding carboxylic acids is 1. The first-order valence-electron chi connectivity index (χ1n) is 6.93. The van der Waals surface area contributed by atoms with Gasteiger partial charge in [0.2, 0.25) is 0 Å². The third kappa shape index (κ3) is 3.91. The molecule has 1 fully saturated rings. The van der Waals surface area contributed by atoms with Crippen molar-refractivity contribution in [1.29, 1.82) is 0 Å². The lowest BCUT2D eigenvalue weighted by Gasteiger charge is -2.30. The number of hydrogen-bond acceptors (Lipinski definition) is 5. The number of morpholine rings is 1. The first kappa shape index (κ1) is 14.7. The highest BCUT2D eigenvalue weighted by Crippen LogP contribution is 2.09. The molecule has 1 saturated heterocycles. The second-order valence-corrected chi connectivity index (χ2v) is 5.09. The normalized spacial score (nSPS) is 19.8. The molecule has 110 valence electrons. The van der Waals surface area contributed by atoms with Crippen molar-refractivity contribution in [3.05, 3.63) is 23.4 Å². The van der Waals surface area contributed by atoms with Gasteiger partial charge in [-0.3, -0.25) is 4.79 Å². The second kappa shape index (κ2) is 6.67. The van der Waals surface area contributed by atoms with E-state index >= 15 is 0 Å². The predicted octanol–water partition coefficient (Wildman–Crippen LogP) is 0.287. The van der Waals surface area contributed by atoms with Gasteiger partial charge in [0.05, 0.1) is 12.7 Å². The zero-order valence-electron chi connectivity index (χ0n) is 12.1. The monoisotopic (exact) mass is 278 g/mol. The Balaban J connectivity index is 1.93. The Morgan fingerprint density at radius 1 is 1.60 bits per heavy atom. The summed E-state index contributed by atoms with van der Waals surface area (Å²) >= 11 is 0. The van der Waals surface area contributed by atoms with Crippen LogP contribution in [0.15, 0.2) is 12.1 Å². The summed E-state index contributed by atoms with van der Waals surface area (Å²) in [5.41, 5.74) is 7.08. The number of nitrogen functional groups attached to an aromatic ring is 1. The number of rotatable bonds is 4. The van der Waals surface area contributed by atoms with Crippen LogP contribution in [0.4, 0.5) is 5.82 Å². The first-order chi connectivity index (χ1) is 9.58. The molecule has 1 aliphatic rings. The highest BCUT2D eigenvalue weighted by Gasteiger charge is 2.18. The van der Waals surface area contributed by atoms with E-state index in [1.165, 1.54) is 0 Å². The van der Waals surface area contributed by atoms with Crippen molar-refractivity contribution in [1.82, 2.24) is 15.2 Å². The highest BCUT2D eigenvalue weighted by atomic mass is 16.5. The van der Waals surface area contributed by atoms with E-state index < -0.39 is 0 Å². The minimum Gasteiger partial charge on any atom is -0.384 e. The fraction of sp³-hybridized carbons (Fsp3) is 0.571. The maximum Gasteiger partial charge on any atom is 0.251 e. The van der Waals surface area contributed by atoms with Gasteiger partial charge in [0.1, 0.15) is 5.82 Å². The standard InChI is InChI=1S/C14H22N4O2/c1-3-11-6-10(7-13(15)17-11)14(19)16-8-12-9-18(2)4-5-20-12/h6-7,12H,3-5,8-9H2,1-2H3,(H2,15,17)(H,16,19). The number of hydrogen-bond donors (Lipinski definition) is 2. The molecule has 0 aliphatic carbocycles. The second-order valence-electron chi connectivity index (χ2n) is 5.09. The summed E-state index contributed by atoms with van der Waals surface area (Å²) in [5, 5.41) is 2.89. The maximum atomic E-state index is 12.1. The molecule has 1 unspecified atom stereocenters. The number of nitrogens with one attached hydrogen (secondary N) is 1. The van der Waals surface area contributed by atoms with E-state index in [0.717, 1.165) is 25.2 Å². The number of nitrogens with two attached hydrogens (primary N) is 1. The van der Waals surface area contributed by atoms with E-state index in [2.05, 4.69) is 22.2 Å². The molecule has 6 nitrogen and oxygen atoms in total. The summed E-state index contributed by atoms with van der Waals surface area (Å²) in [6.45, 7) is 4.96. The van der Waals surface area contributed by atoms with Gasteiger partial charge in [-0.2, -0.15) is 0 Å². The van der Waals surface area contributed by atoms with Crippen LogP contribution in [-0.2, 0) is 11.2 Å². The van der Waals surface area contributed by atoms with Gasteiger partial charge in [-0.1, -0.05) is 6.92 Å². The lowest BCUT2D eigenvalue weighted by atomic mass is 10.1. The number of pyridine rings is 1. The van der Waals surface area contributed by atoms with Crippen LogP contribution < -0.4 is 11.1 Å². The van der Waals surface area contributed by atoms with Gasteiger partial charge in [0.15, 0.2) is 0 Å². The van der Waals surface area contributed by atoms with Crippen molar-refractivity contribution in [3.63, 3.8) is 0 Å². The van der Waals surface area contributed by atoms with Crippen LogP contribution in [0.5, 0.6) is 0 Å². The Morgan fingerprint density at radius 3 is 3.10 bits per heavy atom. The summed E-state index contributed by atoms with van der Waals surface area (Å²) in [7, 11) is 2.05. The Kier molecular flexibility index (Phi) is 4.92. The summed E-state index contributed by atoms with van der Waals surface area (Å²) in [5.74, 6) is 0.244. The third-order valence-electron chi connectivity index (χ3n) is 3.35. The molecule has 0 radical (unpaired) electrons.